The van der Waals surface area contributed by atoms with Crippen molar-refractivity contribution in [3.05, 3.63) is 0 Å². The predicted octanol–water partition coefficient (Wildman–Crippen LogP) is 3.26. The summed E-state index contributed by atoms with van der Waals surface area (Å²) in [7, 11) is 0. The molecule has 0 radical (unpaired) electrons. The van der Waals surface area contributed by atoms with E-state index in [0.29, 0.717) is 6.04 Å². The first-order valence-corrected chi connectivity index (χ1v) is 7.04. The second-order valence-electron chi connectivity index (χ2n) is 5.65. The van der Waals surface area contributed by atoms with E-state index in [1.807, 2.05) is 0 Å². The molecule has 0 unspecified atom stereocenters. The minimum absolute atomic E-state index is 0.160. The van der Waals surface area contributed by atoms with Crippen molar-refractivity contribution in [2.24, 2.45) is 11.8 Å². The molecule has 2 aliphatic rings. The van der Waals surface area contributed by atoms with Crippen molar-refractivity contribution in [3.8, 4) is 0 Å². The number of amides is 1. The van der Waals surface area contributed by atoms with Gasteiger partial charge in [-0.1, -0.05) is 44.9 Å². The number of carbonyl (C=O) groups is 1. The third-order valence-corrected chi connectivity index (χ3v) is 4.46. The van der Waals surface area contributed by atoms with Gasteiger partial charge in [0.05, 0.1) is 0 Å². The number of hydrogen-bond acceptors (Lipinski definition) is 1. The van der Waals surface area contributed by atoms with Crippen LogP contribution in [0.25, 0.3) is 0 Å². The lowest BCUT2D eigenvalue weighted by Crippen LogP contribution is -2.44. The first-order valence-electron chi connectivity index (χ1n) is 7.04. The Morgan fingerprint density at radius 2 is 1.56 bits per heavy atom. The molecular weight excluding hydrogens is 198 g/mol. The van der Waals surface area contributed by atoms with E-state index in [1.165, 1.54) is 57.8 Å². The molecule has 2 fully saturated rings. The van der Waals surface area contributed by atoms with Gasteiger partial charge in [-0.05, 0) is 24.7 Å². The van der Waals surface area contributed by atoms with Crippen LogP contribution in [0.15, 0.2) is 0 Å². The fourth-order valence-electron chi connectivity index (χ4n) is 3.73. The maximum Gasteiger partial charge on any atom is 0.217 e. The number of nitrogens with one attached hydrogen (secondary N) is 1. The van der Waals surface area contributed by atoms with Crippen molar-refractivity contribution >= 4 is 5.91 Å². The highest BCUT2D eigenvalue weighted by molar-refractivity contribution is 5.73. The summed E-state index contributed by atoms with van der Waals surface area (Å²) in [5, 5.41) is 3.19. The zero-order chi connectivity index (χ0) is 11.4. The van der Waals surface area contributed by atoms with Gasteiger partial charge >= 0.3 is 0 Å². The van der Waals surface area contributed by atoms with Gasteiger partial charge in [0.25, 0.3) is 0 Å². The first-order chi connectivity index (χ1) is 7.77. The predicted molar refractivity (Wildman–Crippen MR) is 66.1 cm³/mol. The zero-order valence-electron chi connectivity index (χ0n) is 10.5. The van der Waals surface area contributed by atoms with Crippen LogP contribution in [0.1, 0.15) is 64.7 Å². The van der Waals surface area contributed by atoms with Crippen LogP contribution in [0.3, 0.4) is 0 Å². The van der Waals surface area contributed by atoms with Gasteiger partial charge in [0, 0.05) is 13.0 Å². The highest BCUT2D eigenvalue weighted by atomic mass is 16.1. The Morgan fingerprint density at radius 3 is 2.25 bits per heavy atom. The van der Waals surface area contributed by atoms with E-state index >= 15 is 0 Å². The summed E-state index contributed by atoms with van der Waals surface area (Å²) in [6.45, 7) is 1.66. The van der Waals surface area contributed by atoms with Crippen molar-refractivity contribution in [1.29, 1.82) is 0 Å². The molecule has 2 heteroatoms. The smallest absolute Gasteiger partial charge is 0.217 e. The summed E-state index contributed by atoms with van der Waals surface area (Å²) in [6.07, 6.45) is 12.3. The van der Waals surface area contributed by atoms with Gasteiger partial charge in [-0.25, -0.2) is 0 Å². The second kappa shape index (κ2) is 5.70. The zero-order valence-corrected chi connectivity index (χ0v) is 10.5. The van der Waals surface area contributed by atoms with Gasteiger partial charge < -0.3 is 5.32 Å². The van der Waals surface area contributed by atoms with Crippen LogP contribution in [0.4, 0.5) is 0 Å². The van der Waals surface area contributed by atoms with Crippen LogP contribution in [0.2, 0.25) is 0 Å². The van der Waals surface area contributed by atoms with Gasteiger partial charge in [0.2, 0.25) is 5.91 Å². The average Bonchev–Trinajstić information content (AvgIpc) is 2.30. The molecule has 0 heterocycles. The third kappa shape index (κ3) is 2.99. The van der Waals surface area contributed by atoms with Gasteiger partial charge in [-0.2, -0.15) is 0 Å². The quantitative estimate of drug-likeness (QED) is 0.765. The SMILES string of the molecule is CC(=O)N[C@H]1CCCC[C@H]1C1CCCCC1. The Kier molecular flexibility index (Phi) is 4.25. The second-order valence-corrected chi connectivity index (χ2v) is 5.65. The average molecular weight is 223 g/mol. The standard InChI is InChI=1S/C14H25NO/c1-11(16)15-14-10-6-5-9-13(14)12-7-3-2-4-8-12/h12-14H,2-10H2,1H3,(H,15,16)/t13-,14-/m0/s1. The molecule has 2 saturated carbocycles. The lowest BCUT2D eigenvalue weighted by atomic mass is 9.71. The molecule has 2 nitrogen and oxygen atoms in total. The fourth-order valence-corrected chi connectivity index (χ4v) is 3.73. The fraction of sp³-hybridized carbons (Fsp3) is 0.929. The molecule has 0 spiro atoms. The summed E-state index contributed by atoms with van der Waals surface area (Å²) in [5.41, 5.74) is 0. The van der Waals surface area contributed by atoms with Crippen LogP contribution in [-0.4, -0.2) is 11.9 Å². The maximum absolute atomic E-state index is 11.2. The summed E-state index contributed by atoms with van der Waals surface area (Å²) >= 11 is 0. The normalized spacial score (nSPS) is 32.3. The van der Waals surface area contributed by atoms with Gasteiger partial charge in [-0.3, -0.25) is 4.79 Å². The van der Waals surface area contributed by atoms with E-state index in [1.54, 1.807) is 6.92 Å². The van der Waals surface area contributed by atoms with Crippen molar-refractivity contribution in [2.45, 2.75) is 70.8 Å². The molecule has 1 amide bonds. The summed E-state index contributed by atoms with van der Waals surface area (Å²) < 4.78 is 0. The number of hydrogen-bond donors (Lipinski definition) is 1. The van der Waals surface area contributed by atoms with Crippen LogP contribution < -0.4 is 5.32 Å². The van der Waals surface area contributed by atoms with Gasteiger partial charge in [0.1, 0.15) is 0 Å². The molecule has 2 rings (SSSR count). The molecule has 16 heavy (non-hydrogen) atoms. The van der Waals surface area contributed by atoms with Crippen molar-refractivity contribution < 1.29 is 4.79 Å². The van der Waals surface area contributed by atoms with Crippen molar-refractivity contribution in [1.82, 2.24) is 5.32 Å². The van der Waals surface area contributed by atoms with E-state index in [4.69, 9.17) is 0 Å². The van der Waals surface area contributed by atoms with E-state index < -0.39 is 0 Å². The first kappa shape index (κ1) is 11.9. The minimum atomic E-state index is 0.160. The summed E-state index contributed by atoms with van der Waals surface area (Å²) in [6, 6.07) is 0.481. The molecule has 0 aromatic carbocycles. The molecule has 1 N–H and O–H groups in total. The van der Waals surface area contributed by atoms with Gasteiger partial charge in [-0.15, -0.1) is 0 Å². The summed E-state index contributed by atoms with van der Waals surface area (Å²) in [4.78, 5) is 11.2. The Labute approximate surface area is 99.2 Å². The van der Waals surface area contributed by atoms with Gasteiger partial charge in [0.15, 0.2) is 0 Å². The molecule has 0 aliphatic heterocycles. The minimum Gasteiger partial charge on any atom is -0.353 e. The van der Waals surface area contributed by atoms with Crippen LogP contribution in [0, 0.1) is 11.8 Å². The Morgan fingerprint density at radius 1 is 0.938 bits per heavy atom. The third-order valence-electron chi connectivity index (χ3n) is 4.46. The molecule has 2 aliphatic carbocycles. The van der Waals surface area contributed by atoms with E-state index in [2.05, 4.69) is 5.32 Å². The monoisotopic (exact) mass is 223 g/mol. The summed E-state index contributed by atoms with van der Waals surface area (Å²) in [5.74, 6) is 1.83. The molecule has 0 saturated heterocycles. The van der Waals surface area contributed by atoms with Crippen molar-refractivity contribution in [2.75, 3.05) is 0 Å². The van der Waals surface area contributed by atoms with Crippen molar-refractivity contribution in [3.63, 3.8) is 0 Å². The number of rotatable bonds is 2. The topological polar surface area (TPSA) is 29.1 Å². The Hall–Kier alpha value is -0.530. The highest BCUT2D eigenvalue weighted by Gasteiger charge is 2.32. The Balaban J connectivity index is 1.94. The van der Waals surface area contributed by atoms with Crippen LogP contribution in [0.5, 0.6) is 0 Å². The molecule has 0 bridgehead atoms. The largest absolute Gasteiger partial charge is 0.353 e. The highest BCUT2D eigenvalue weighted by Crippen LogP contribution is 2.38. The van der Waals surface area contributed by atoms with Crippen LogP contribution in [-0.2, 0) is 4.79 Å². The molecule has 0 aromatic rings. The maximum atomic E-state index is 11.2. The molecule has 2 atom stereocenters. The molecule has 92 valence electrons. The van der Waals surface area contributed by atoms with E-state index in [-0.39, 0.29) is 5.91 Å². The lowest BCUT2D eigenvalue weighted by molar-refractivity contribution is -0.120. The number of carbonyl (C=O) groups excluding carboxylic acids is 1. The van der Waals surface area contributed by atoms with E-state index in [0.717, 1.165) is 11.8 Å². The molecule has 0 aromatic heterocycles. The van der Waals surface area contributed by atoms with E-state index in [9.17, 15) is 4.79 Å². The lowest BCUT2D eigenvalue weighted by Gasteiger charge is -2.39. The Bertz CT molecular complexity index is 233. The molecular formula is C14H25NO. The van der Waals surface area contributed by atoms with Crippen LogP contribution >= 0.6 is 0 Å².